The standard InChI is InChI=1S/C39H58N2O5Si/c1-26-12-11-13-29(27(26)2)24-41(31-16-17-31)36(42)35-33(22-30-23-40(25-34(30)35)37(43)46-38(3,4)5)28-14-18-32(19-15-28)44-20-21-45-47(9,10)39(6,7)8/h11-15,18-19,30-31,33-35H,16-17,20-25H2,1-10H3/t30-,33+,34+,35+/m0/s1. The number of aryl methyl sites for hydroxylation is 1. The number of ether oxygens (including phenoxy) is 2. The minimum atomic E-state index is -1.82. The van der Waals surface area contributed by atoms with Gasteiger partial charge in [-0.2, -0.15) is 0 Å². The lowest BCUT2D eigenvalue weighted by Gasteiger charge is -2.36. The van der Waals surface area contributed by atoms with Crippen molar-refractivity contribution in [2.75, 3.05) is 26.3 Å². The Kier molecular flexibility index (Phi) is 10.2. The van der Waals surface area contributed by atoms with Crippen molar-refractivity contribution in [2.24, 2.45) is 17.8 Å². The molecule has 4 atom stereocenters. The summed E-state index contributed by atoms with van der Waals surface area (Å²) >= 11 is 0. The zero-order valence-electron chi connectivity index (χ0n) is 30.5. The van der Waals surface area contributed by atoms with Crippen molar-refractivity contribution in [3.05, 3.63) is 64.7 Å². The molecule has 0 unspecified atom stereocenters. The maximum Gasteiger partial charge on any atom is 0.410 e. The number of nitrogens with zero attached hydrogens (tertiary/aromatic N) is 2. The summed E-state index contributed by atoms with van der Waals surface area (Å²) in [5.74, 6) is 1.31. The fraction of sp³-hybridized carbons (Fsp3) is 0.641. The Hall–Kier alpha value is -2.84. The Morgan fingerprint density at radius 3 is 2.23 bits per heavy atom. The van der Waals surface area contributed by atoms with Gasteiger partial charge in [0.25, 0.3) is 0 Å². The highest BCUT2D eigenvalue weighted by molar-refractivity contribution is 6.74. The zero-order valence-corrected chi connectivity index (χ0v) is 31.5. The molecule has 5 rings (SSSR count). The molecule has 2 aliphatic carbocycles. The summed E-state index contributed by atoms with van der Waals surface area (Å²) in [6.45, 7) is 24.2. The van der Waals surface area contributed by atoms with Gasteiger partial charge >= 0.3 is 6.09 Å². The number of rotatable bonds is 10. The number of fused-ring (bicyclic) bond motifs is 1. The molecule has 0 radical (unpaired) electrons. The average molecular weight is 663 g/mol. The predicted octanol–water partition coefficient (Wildman–Crippen LogP) is 8.48. The number of amides is 2. The van der Waals surface area contributed by atoms with E-state index in [0.717, 1.165) is 25.0 Å². The normalized spacial score (nSPS) is 23.1. The van der Waals surface area contributed by atoms with Crippen LogP contribution in [0, 0.1) is 31.6 Å². The van der Waals surface area contributed by atoms with Crippen molar-refractivity contribution in [3.8, 4) is 5.75 Å². The highest BCUT2D eigenvalue weighted by Crippen LogP contribution is 2.52. The van der Waals surface area contributed by atoms with E-state index in [4.69, 9.17) is 13.9 Å². The first-order valence-electron chi connectivity index (χ1n) is 17.7. The first-order valence-corrected chi connectivity index (χ1v) is 20.6. The number of hydrogen-bond acceptors (Lipinski definition) is 5. The molecule has 2 saturated carbocycles. The van der Waals surface area contributed by atoms with E-state index in [0.29, 0.717) is 32.8 Å². The summed E-state index contributed by atoms with van der Waals surface area (Å²) in [7, 11) is -1.82. The molecule has 3 aliphatic rings. The third-order valence-electron chi connectivity index (χ3n) is 11.1. The SMILES string of the molecule is Cc1cccc(CN(C(=O)[C@H]2[C@@H]3CN(C(=O)OC(C)(C)C)C[C@@H]3C[C@@H]2c2ccc(OCCO[Si](C)(C)C(C)(C)C)cc2)C2CC2)c1C. The molecule has 0 aromatic heterocycles. The number of likely N-dealkylation sites (tertiary alicyclic amines) is 1. The van der Waals surface area contributed by atoms with E-state index in [9.17, 15) is 9.59 Å². The van der Waals surface area contributed by atoms with E-state index in [1.54, 1.807) is 0 Å². The predicted molar refractivity (Wildman–Crippen MR) is 190 cm³/mol. The smallest absolute Gasteiger partial charge is 0.410 e. The second-order valence-corrected chi connectivity index (χ2v) is 21.6. The maximum atomic E-state index is 14.8. The summed E-state index contributed by atoms with van der Waals surface area (Å²) in [5, 5.41) is 0.167. The lowest BCUT2D eigenvalue weighted by molar-refractivity contribution is -0.138. The van der Waals surface area contributed by atoms with Crippen LogP contribution in [-0.2, 0) is 20.5 Å². The van der Waals surface area contributed by atoms with E-state index >= 15 is 0 Å². The third-order valence-corrected chi connectivity index (χ3v) is 15.7. The van der Waals surface area contributed by atoms with Crippen molar-refractivity contribution in [1.29, 1.82) is 0 Å². The molecular formula is C39H58N2O5Si. The lowest BCUT2D eigenvalue weighted by atomic mass is 9.83. The first-order chi connectivity index (χ1) is 21.9. The molecule has 47 heavy (non-hydrogen) atoms. The van der Waals surface area contributed by atoms with Gasteiger partial charge in [0.05, 0.1) is 6.61 Å². The molecule has 1 aliphatic heterocycles. The van der Waals surface area contributed by atoms with Crippen LogP contribution in [0.1, 0.15) is 89.0 Å². The van der Waals surface area contributed by atoms with Crippen LogP contribution < -0.4 is 4.74 Å². The minimum absolute atomic E-state index is 0.0918. The van der Waals surface area contributed by atoms with Crippen LogP contribution in [0.4, 0.5) is 4.79 Å². The van der Waals surface area contributed by atoms with Gasteiger partial charge in [0, 0.05) is 31.6 Å². The Morgan fingerprint density at radius 2 is 1.62 bits per heavy atom. The molecule has 0 spiro atoms. The largest absolute Gasteiger partial charge is 0.491 e. The van der Waals surface area contributed by atoms with Gasteiger partial charge in [-0.1, -0.05) is 51.1 Å². The Bertz CT molecular complexity index is 1420. The van der Waals surface area contributed by atoms with Crippen LogP contribution in [0.5, 0.6) is 5.75 Å². The van der Waals surface area contributed by atoms with Crippen molar-refractivity contribution in [2.45, 2.75) is 117 Å². The number of carbonyl (C=O) groups excluding carboxylic acids is 2. The summed E-state index contributed by atoms with van der Waals surface area (Å²) < 4.78 is 18.1. The van der Waals surface area contributed by atoms with E-state index < -0.39 is 13.9 Å². The van der Waals surface area contributed by atoms with Gasteiger partial charge in [-0.25, -0.2) is 4.79 Å². The number of hydrogen-bond donors (Lipinski definition) is 0. The summed E-state index contributed by atoms with van der Waals surface area (Å²) in [6, 6.07) is 15.1. The fourth-order valence-electron chi connectivity index (χ4n) is 7.11. The van der Waals surface area contributed by atoms with Crippen molar-refractivity contribution in [3.63, 3.8) is 0 Å². The van der Waals surface area contributed by atoms with Gasteiger partial charge < -0.3 is 23.7 Å². The van der Waals surface area contributed by atoms with Crippen molar-refractivity contribution in [1.82, 2.24) is 9.80 Å². The molecule has 2 aromatic carbocycles. The first kappa shape index (κ1) is 35.5. The van der Waals surface area contributed by atoms with E-state index in [1.165, 1.54) is 22.3 Å². The molecular weight excluding hydrogens is 605 g/mol. The maximum absolute atomic E-state index is 14.8. The molecule has 8 heteroatoms. The Labute approximate surface area is 284 Å². The fourth-order valence-corrected chi connectivity index (χ4v) is 8.14. The monoisotopic (exact) mass is 662 g/mol. The molecule has 2 aromatic rings. The van der Waals surface area contributed by atoms with Gasteiger partial charge in [0.15, 0.2) is 8.32 Å². The molecule has 7 nitrogen and oxygen atoms in total. The molecule has 3 fully saturated rings. The zero-order chi connectivity index (χ0) is 34.3. The lowest BCUT2D eigenvalue weighted by Crippen LogP contribution is -2.42. The van der Waals surface area contributed by atoms with Crippen LogP contribution in [0.3, 0.4) is 0 Å². The summed E-state index contributed by atoms with van der Waals surface area (Å²) in [6.07, 6.45) is 2.71. The quantitative estimate of drug-likeness (QED) is 0.189. The van der Waals surface area contributed by atoms with Gasteiger partial charge in [-0.15, -0.1) is 0 Å². The van der Waals surface area contributed by atoms with Gasteiger partial charge in [-0.05, 0) is 124 Å². The highest BCUT2D eigenvalue weighted by atomic mass is 28.4. The van der Waals surface area contributed by atoms with Crippen LogP contribution in [0.25, 0.3) is 0 Å². The second kappa shape index (κ2) is 13.6. The van der Waals surface area contributed by atoms with Crippen LogP contribution in [0.15, 0.2) is 42.5 Å². The molecule has 1 saturated heterocycles. The van der Waals surface area contributed by atoms with Gasteiger partial charge in [0.1, 0.15) is 18.0 Å². The average Bonchev–Trinajstić information content (AvgIpc) is 3.63. The van der Waals surface area contributed by atoms with E-state index in [1.807, 2.05) is 37.8 Å². The van der Waals surface area contributed by atoms with Gasteiger partial charge in [-0.3, -0.25) is 4.79 Å². The molecule has 0 bridgehead atoms. The van der Waals surface area contributed by atoms with Crippen LogP contribution in [0.2, 0.25) is 18.1 Å². The van der Waals surface area contributed by atoms with Crippen LogP contribution in [-0.4, -0.2) is 68.1 Å². The van der Waals surface area contributed by atoms with Crippen molar-refractivity contribution >= 4 is 20.3 Å². The number of benzene rings is 2. The van der Waals surface area contributed by atoms with Gasteiger partial charge in [0.2, 0.25) is 5.91 Å². The summed E-state index contributed by atoms with van der Waals surface area (Å²) in [5.41, 5.74) is 4.35. The minimum Gasteiger partial charge on any atom is -0.491 e. The topological polar surface area (TPSA) is 68.3 Å². The van der Waals surface area contributed by atoms with Crippen molar-refractivity contribution < 1.29 is 23.5 Å². The third kappa shape index (κ3) is 8.25. The van der Waals surface area contributed by atoms with Crippen LogP contribution >= 0.6 is 0 Å². The van der Waals surface area contributed by atoms with E-state index in [-0.39, 0.29) is 46.8 Å². The molecule has 258 valence electrons. The number of carbonyl (C=O) groups is 2. The second-order valence-electron chi connectivity index (χ2n) is 16.8. The summed E-state index contributed by atoms with van der Waals surface area (Å²) in [4.78, 5) is 31.9. The molecule has 0 N–H and O–H groups in total. The Morgan fingerprint density at radius 1 is 0.936 bits per heavy atom. The molecule has 2 amide bonds. The molecule has 1 heterocycles. The highest BCUT2D eigenvalue weighted by Gasteiger charge is 2.54. The van der Waals surface area contributed by atoms with E-state index in [2.05, 4.69) is 82.9 Å². The Balaban J connectivity index is 1.34.